The van der Waals surface area contributed by atoms with Crippen molar-refractivity contribution in [1.82, 2.24) is 30.3 Å². The van der Waals surface area contributed by atoms with Crippen LogP contribution in [0.25, 0.3) is 0 Å². The molecular weight excluding hydrogens is 376 g/mol. The van der Waals surface area contributed by atoms with E-state index in [4.69, 9.17) is 9.26 Å². The maximum atomic E-state index is 12.6. The van der Waals surface area contributed by atoms with Crippen LogP contribution in [0.15, 0.2) is 16.9 Å². The third kappa shape index (κ3) is 3.59. The third-order valence-electron chi connectivity index (χ3n) is 5.80. The summed E-state index contributed by atoms with van der Waals surface area (Å²) in [5.41, 5.74) is 0.567. The summed E-state index contributed by atoms with van der Waals surface area (Å²) in [4.78, 5) is 39.5. The minimum Gasteiger partial charge on any atom is -0.375 e. The zero-order chi connectivity index (χ0) is 20.6. The molecule has 1 unspecified atom stereocenters. The second-order valence-electron chi connectivity index (χ2n) is 7.86. The number of hydrogen-bond donors (Lipinski definition) is 1. The molecule has 1 N–H and O–H groups in total. The average Bonchev–Trinajstić information content (AvgIpc) is 3.35. The summed E-state index contributed by atoms with van der Waals surface area (Å²) in [7, 11) is 1.51. The Morgan fingerprint density at radius 1 is 1.34 bits per heavy atom. The lowest BCUT2D eigenvalue weighted by Crippen LogP contribution is -2.40. The number of aryl methyl sites for hydroxylation is 2. The predicted octanol–water partition coefficient (Wildman–Crippen LogP) is 0.411. The van der Waals surface area contributed by atoms with Crippen molar-refractivity contribution < 1.29 is 18.8 Å². The predicted molar refractivity (Wildman–Crippen MR) is 99.9 cm³/mol. The van der Waals surface area contributed by atoms with Crippen molar-refractivity contribution in [1.29, 1.82) is 0 Å². The molecule has 0 radical (unpaired) electrons. The number of carbonyl (C=O) groups excluding carboxylic acids is 2. The number of nitrogens with one attached hydrogen (secondary N) is 1. The fourth-order valence-corrected chi connectivity index (χ4v) is 4.49. The van der Waals surface area contributed by atoms with Crippen LogP contribution in [-0.2, 0) is 14.9 Å². The van der Waals surface area contributed by atoms with Crippen molar-refractivity contribution in [2.45, 2.75) is 38.1 Å². The van der Waals surface area contributed by atoms with Crippen molar-refractivity contribution in [2.24, 2.45) is 5.92 Å². The van der Waals surface area contributed by atoms with Crippen molar-refractivity contribution in [3.05, 3.63) is 35.5 Å². The number of nitrogens with zero attached hydrogens (tertiary/aromatic N) is 5. The van der Waals surface area contributed by atoms with Gasteiger partial charge in [-0.15, -0.1) is 0 Å². The van der Waals surface area contributed by atoms with Crippen molar-refractivity contribution >= 4 is 11.8 Å². The van der Waals surface area contributed by atoms with E-state index in [0.29, 0.717) is 37.6 Å². The Kier molecular flexibility index (Phi) is 5.03. The van der Waals surface area contributed by atoms with Crippen LogP contribution in [0.2, 0.25) is 0 Å². The molecule has 10 heteroatoms. The second-order valence-corrected chi connectivity index (χ2v) is 7.86. The molecule has 4 rings (SSSR count). The Labute approximate surface area is 168 Å². The minimum absolute atomic E-state index is 0.0396. The van der Waals surface area contributed by atoms with Gasteiger partial charge in [0, 0.05) is 32.4 Å². The molecule has 1 saturated heterocycles. The Morgan fingerprint density at radius 3 is 2.83 bits per heavy atom. The molecule has 2 aliphatic rings. The standard InChI is InChI=1S/C19H24N6O4/c1-11-6-21-15(7-20-11)17(27)23-14-4-13-8-25(16(26)9-28-3)10-19(13,5-14)18-22-12(2)24-29-18/h6-7,13-14H,4-5,8-10H2,1-3H3,(H,23,27)/t13?,14-,19+/m1/s1. The van der Waals surface area contributed by atoms with Gasteiger partial charge in [-0.25, -0.2) is 4.98 Å². The van der Waals surface area contributed by atoms with Crippen LogP contribution in [0.1, 0.15) is 40.7 Å². The minimum atomic E-state index is -0.471. The van der Waals surface area contributed by atoms with Gasteiger partial charge in [-0.05, 0) is 32.6 Å². The van der Waals surface area contributed by atoms with E-state index in [2.05, 4.69) is 25.4 Å². The molecule has 154 valence electrons. The number of hydrogen-bond acceptors (Lipinski definition) is 8. The number of aromatic nitrogens is 4. The Bertz CT molecular complexity index is 914. The molecule has 0 spiro atoms. The molecule has 2 amide bonds. The third-order valence-corrected chi connectivity index (χ3v) is 5.80. The lowest BCUT2D eigenvalue weighted by atomic mass is 9.80. The first kappa shape index (κ1) is 19.4. The van der Waals surface area contributed by atoms with E-state index in [0.717, 1.165) is 5.69 Å². The van der Waals surface area contributed by atoms with E-state index in [9.17, 15) is 9.59 Å². The first-order valence-corrected chi connectivity index (χ1v) is 9.58. The number of ether oxygens (including phenoxy) is 1. The second kappa shape index (κ2) is 7.51. The summed E-state index contributed by atoms with van der Waals surface area (Å²) in [5, 5.41) is 7.00. The van der Waals surface area contributed by atoms with E-state index in [-0.39, 0.29) is 36.1 Å². The quantitative estimate of drug-likeness (QED) is 0.766. The molecule has 29 heavy (non-hydrogen) atoms. The van der Waals surface area contributed by atoms with Gasteiger partial charge < -0.3 is 19.5 Å². The van der Waals surface area contributed by atoms with Gasteiger partial charge in [0.05, 0.1) is 17.3 Å². The molecule has 1 aliphatic heterocycles. The summed E-state index contributed by atoms with van der Waals surface area (Å²) in [6.45, 7) is 4.67. The molecule has 2 aromatic rings. The molecule has 0 bridgehead atoms. The molecule has 1 saturated carbocycles. The first-order chi connectivity index (χ1) is 13.9. The molecule has 3 atom stereocenters. The molecule has 2 fully saturated rings. The van der Waals surface area contributed by atoms with E-state index >= 15 is 0 Å². The van der Waals surface area contributed by atoms with E-state index in [1.54, 1.807) is 18.0 Å². The summed E-state index contributed by atoms with van der Waals surface area (Å²) >= 11 is 0. The highest BCUT2D eigenvalue weighted by molar-refractivity contribution is 5.92. The van der Waals surface area contributed by atoms with Crippen LogP contribution in [0.3, 0.4) is 0 Å². The van der Waals surface area contributed by atoms with Crippen LogP contribution < -0.4 is 5.32 Å². The summed E-state index contributed by atoms with van der Waals surface area (Å²) in [5.74, 6) is 0.869. The number of rotatable bonds is 5. The van der Waals surface area contributed by atoms with Gasteiger partial charge in [-0.3, -0.25) is 14.6 Å². The number of carbonyl (C=O) groups is 2. The number of fused-ring (bicyclic) bond motifs is 1. The van der Waals surface area contributed by atoms with Gasteiger partial charge in [0.25, 0.3) is 5.91 Å². The van der Waals surface area contributed by atoms with Gasteiger partial charge in [0.2, 0.25) is 11.8 Å². The van der Waals surface area contributed by atoms with E-state index in [1.165, 1.54) is 13.3 Å². The smallest absolute Gasteiger partial charge is 0.271 e. The van der Waals surface area contributed by atoms with Gasteiger partial charge in [0.15, 0.2) is 5.82 Å². The number of likely N-dealkylation sites (tertiary alicyclic amines) is 1. The number of methoxy groups -OCH3 is 1. The molecule has 10 nitrogen and oxygen atoms in total. The van der Waals surface area contributed by atoms with Crippen LogP contribution in [0, 0.1) is 19.8 Å². The average molecular weight is 400 g/mol. The summed E-state index contributed by atoms with van der Waals surface area (Å²) in [6, 6.07) is -0.0810. The summed E-state index contributed by atoms with van der Waals surface area (Å²) in [6.07, 6.45) is 4.37. The Balaban J connectivity index is 1.53. The van der Waals surface area contributed by atoms with Gasteiger partial charge in [-0.1, -0.05) is 5.16 Å². The van der Waals surface area contributed by atoms with Gasteiger partial charge in [-0.2, -0.15) is 4.98 Å². The molecular formula is C19H24N6O4. The van der Waals surface area contributed by atoms with E-state index in [1.807, 2.05) is 6.92 Å². The molecule has 3 heterocycles. The molecule has 2 aromatic heterocycles. The highest BCUT2D eigenvalue weighted by Crippen LogP contribution is 2.50. The fraction of sp³-hybridized carbons (Fsp3) is 0.579. The topological polar surface area (TPSA) is 123 Å². The monoisotopic (exact) mass is 400 g/mol. The highest BCUT2D eigenvalue weighted by Gasteiger charge is 2.58. The van der Waals surface area contributed by atoms with Crippen molar-refractivity contribution in [3.63, 3.8) is 0 Å². The lowest BCUT2D eigenvalue weighted by Gasteiger charge is -2.25. The maximum Gasteiger partial charge on any atom is 0.271 e. The highest BCUT2D eigenvalue weighted by atomic mass is 16.5. The Hall–Kier alpha value is -2.88. The lowest BCUT2D eigenvalue weighted by molar-refractivity contribution is -0.134. The maximum absolute atomic E-state index is 12.6. The van der Waals surface area contributed by atoms with Crippen LogP contribution in [0.5, 0.6) is 0 Å². The largest absolute Gasteiger partial charge is 0.375 e. The van der Waals surface area contributed by atoms with Crippen molar-refractivity contribution in [2.75, 3.05) is 26.8 Å². The first-order valence-electron chi connectivity index (χ1n) is 9.58. The van der Waals surface area contributed by atoms with Gasteiger partial charge >= 0.3 is 0 Å². The zero-order valence-corrected chi connectivity index (χ0v) is 16.7. The zero-order valence-electron chi connectivity index (χ0n) is 16.7. The SMILES string of the molecule is COCC(=O)N1CC2C[C@@H](NC(=O)c3cnc(C)cn3)C[C@]2(c2nc(C)no2)C1. The molecule has 0 aromatic carbocycles. The van der Waals surface area contributed by atoms with Crippen LogP contribution >= 0.6 is 0 Å². The van der Waals surface area contributed by atoms with Crippen LogP contribution in [0.4, 0.5) is 0 Å². The van der Waals surface area contributed by atoms with Crippen LogP contribution in [-0.4, -0.2) is 69.7 Å². The summed E-state index contributed by atoms with van der Waals surface area (Å²) < 4.78 is 10.5. The Morgan fingerprint density at radius 2 is 2.17 bits per heavy atom. The number of amides is 2. The van der Waals surface area contributed by atoms with Gasteiger partial charge in [0.1, 0.15) is 12.3 Å². The van der Waals surface area contributed by atoms with Crippen molar-refractivity contribution in [3.8, 4) is 0 Å². The van der Waals surface area contributed by atoms with E-state index < -0.39 is 5.41 Å². The normalized spacial score (nSPS) is 25.8. The molecule has 1 aliphatic carbocycles. The fourth-order valence-electron chi connectivity index (χ4n) is 4.49.